The van der Waals surface area contributed by atoms with E-state index in [1.54, 1.807) is 28.1 Å². The molecule has 3 heterocycles. The SMILES string of the molecule is Cc1cnc(C(=O)N2CCC[C@]3(CC=CCN(Cc4ccc(F)cc4)C3=O)C2)cn1. The van der Waals surface area contributed by atoms with E-state index in [2.05, 4.69) is 9.97 Å². The second-order valence-electron chi connectivity index (χ2n) is 8.14. The summed E-state index contributed by atoms with van der Waals surface area (Å²) in [5.74, 6) is -0.435. The van der Waals surface area contributed by atoms with Gasteiger partial charge in [0.1, 0.15) is 11.5 Å². The van der Waals surface area contributed by atoms with E-state index in [-0.39, 0.29) is 17.6 Å². The lowest BCUT2D eigenvalue weighted by Gasteiger charge is -2.42. The van der Waals surface area contributed by atoms with E-state index in [4.69, 9.17) is 0 Å². The summed E-state index contributed by atoms with van der Waals surface area (Å²) in [7, 11) is 0. The molecule has 1 saturated heterocycles. The number of hydrogen-bond donors (Lipinski definition) is 0. The Hall–Kier alpha value is -3.09. The van der Waals surface area contributed by atoms with Crippen molar-refractivity contribution in [3.05, 3.63) is 71.6 Å². The van der Waals surface area contributed by atoms with E-state index in [9.17, 15) is 14.0 Å². The molecule has 156 valence electrons. The van der Waals surface area contributed by atoms with E-state index >= 15 is 0 Å². The number of amides is 2. The van der Waals surface area contributed by atoms with Gasteiger partial charge in [-0.05, 0) is 43.9 Å². The molecule has 0 aliphatic carbocycles. The lowest BCUT2D eigenvalue weighted by Crippen LogP contribution is -2.53. The van der Waals surface area contributed by atoms with Gasteiger partial charge in [-0.15, -0.1) is 0 Å². The molecule has 30 heavy (non-hydrogen) atoms. The topological polar surface area (TPSA) is 66.4 Å². The highest BCUT2D eigenvalue weighted by Gasteiger charge is 2.45. The molecule has 1 aromatic heterocycles. The second-order valence-corrected chi connectivity index (χ2v) is 8.14. The van der Waals surface area contributed by atoms with Crippen LogP contribution in [0.3, 0.4) is 0 Å². The number of aryl methyl sites for hydroxylation is 1. The number of nitrogens with zero attached hydrogens (tertiary/aromatic N) is 4. The number of allylic oxidation sites excluding steroid dienone is 1. The standard InChI is InChI=1S/C23H25FN4O2/c1-17-13-26-20(14-25-17)21(29)28-12-4-10-23(16-28)9-2-3-11-27(22(23)30)15-18-5-7-19(24)8-6-18/h2-3,5-8,13-14H,4,9-12,15-16H2,1H3/t23-/m1/s1. The molecule has 0 saturated carbocycles. The first-order chi connectivity index (χ1) is 14.5. The summed E-state index contributed by atoms with van der Waals surface area (Å²) in [6.45, 7) is 3.72. The maximum Gasteiger partial charge on any atom is 0.274 e. The molecule has 1 atom stereocenters. The summed E-state index contributed by atoms with van der Waals surface area (Å²) < 4.78 is 13.2. The summed E-state index contributed by atoms with van der Waals surface area (Å²) in [6.07, 6.45) is 9.22. The molecule has 2 aromatic rings. The minimum atomic E-state index is -0.640. The van der Waals surface area contributed by atoms with Crippen molar-refractivity contribution in [2.75, 3.05) is 19.6 Å². The van der Waals surface area contributed by atoms with Crippen molar-refractivity contribution in [2.45, 2.75) is 32.7 Å². The third-order valence-electron chi connectivity index (χ3n) is 5.89. The number of carbonyl (C=O) groups is 2. The van der Waals surface area contributed by atoms with Crippen LogP contribution < -0.4 is 0 Å². The van der Waals surface area contributed by atoms with E-state index in [1.165, 1.54) is 18.3 Å². The van der Waals surface area contributed by atoms with Gasteiger partial charge in [-0.1, -0.05) is 24.3 Å². The highest BCUT2D eigenvalue weighted by molar-refractivity contribution is 5.93. The number of carbonyl (C=O) groups excluding carboxylic acids is 2. The maximum atomic E-state index is 13.6. The summed E-state index contributed by atoms with van der Waals surface area (Å²) in [6, 6.07) is 6.23. The van der Waals surface area contributed by atoms with Crippen LogP contribution in [0.4, 0.5) is 4.39 Å². The minimum absolute atomic E-state index is 0.0457. The Bertz CT molecular complexity index is 958. The number of hydrogen-bond acceptors (Lipinski definition) is 4. The monoisotopic (exact) mass is 408 g/mol. The summed E-state index contributed by atoms with van der Waals surface area (Å²) in [5.41, 5.74) is 1.30. The van der Waals surface area contributed by atoms with Crippen molar-refractivity contribution in [3.63, 3.8) is 0 Å². The Morgan fingerprint density at radius 3 is 2.70 bits per heavy atom. The van der Waals surface area contributed by atoms with Crippen LogP contribution in [0.5, 0.6) is 0 Å². The maximum absolute atomic E-state index is 13.6. The van der Waals surface area contributed by atoms with Crippen LogP contribution in [0, 0.1) is 18.2 Å². The Labute approximate surface area is 175 Å². The third-order valence-corrected chi connectivity index (χ3v) is 5.89. The van der Waals surface area contributed by atoms with Crippen LogP contribution in [-0.4, -0.2) is 51.2 Å². The fourth-order valence-electron chi connectivity index (χ4n) is 4.27. The molecule has 1 aromatic carbocycles. The number of halogens is 1. The second kappa shape index (κ2) is 8.34. The Morgan fingerprint density at radius 1 is 1.17 bits per heavy atom. The van der Waals surface area contributed by atoms with Crippen LogP contribution in [0.15, 0.2) is 48.8 Å². The van der Waals surface area contributed by atoms with Crippen molar-refractivity contribution in [3.8, 4) is 0 Å². The predicted octanol–water partition coefficient (Wildman–Crippen LogP) is 3.14. The van der Waals surface area contributed by atoms with E-state index in [0.29, 0.717) is 38.3 Å². The van der Waals surface area contributed by atoms with Gasteiger partial charge in [0.2, 0.25) is 5.91 Å². The van der Waals surface area contributed by atoms with Crippen LogP contribution in [0.2, 0.25) is 0 Å². The van der Waals surface area contributed by atoms with Gasteiger partial charge in [-0.25, -0.2) is 9.37 Å². The van der Waals surface area contributed by atoms with Gasteiger partial charge in [-0.2, -0.15) is 0 Å². The van der Waals surface area contributed by atoms with Gasteiger partial charge in [0.05, 0.1) is 17.3 Å². The van der Waals surface area contributed by atoms with Gasteiger partial charge in [0, 0.05) is 32.4 Å². The average Bonchev–Trinajstić information content (AvgIpc) is 2.90. The number of benzene rings is 1. The van der Waals surface area contributed by atoms with Crippen molar-refractivity contribution in [1.29, 1.82) is 0 Å². The number of rotatable bonds is 3. The first-order valence-corrected chi connectivity index (χ1v) is 10.2. The highest BCUT2D eigenvalue weighted by Crippen LogP contribution is 2.38. The van der Waals surface area contributed by atoms with E-state index < -0.39 is 5.41 Å². The average molecular weight is 408 g/mol. The Kier molecular flexibility index (Phi) is 5.61. The molecular formula is C23H25FN4O2. The summed E-state index contributed by atoms with van der Waals surface area (Å²) in [5, 5.41) is 0. The van der Waals surface area contributed by atoms with E-state index in [0.717, 1.165) is 24.1 Å². The van der Waals surface area contributed by atoms with Crippen molar-refractivity contribution in [1.82, 2.24) is 19.8 Å². The van der Waals surface area contributed by atoms with Crippen LogP contribution in [0.25, 0.3) is 0 Å². The van der Waals surface area contributed by atoms with Gasteiger partial charge in [-0.3, -0.25) is 14.6 Å². The quantitative estimate of drug-likeness (QED) is 0.732. The van der Waals surface area contributed by atoms with Crippen molar-refractivity contribution < 1.29 is 14.0 Å². The molecule has 7 heteroatoms. The lowest BCUT2D eigenvalue weighted by molar-refractivity contribution is -0.144. The van der Waals surface area contributed by atoms with Crippen molar-refractivity contribution in [2.24, 2.45) is 5.41 Å². The molecule has 2 amide bonds. The largest absolute Gasteiger partial charge is 0.336 e. The predicted molar refractivity (Wildman–Crippen MR) is 110 cm³/mol. The lowest BCUT2D eigenvalue weighted by atomic mass is 9.76. The number of likely N-dealkylation sites (tertiary alicyclic amines) is 1. The molecule has 0 N–H and O–H groups in total. The first kappa shape index (κ1) is 20.2. The zero-order chi connectivity index (χ0) is 21.1. The summed E-state index contributed by atoms with van der Waals surface area (Å²) in [4.78, 5) is 38.5. The number of piperidine rings is 1. The molecule has 0 bridgehead atoms. The first-order valence-electron chi connectivity index (χ1n) is 10.2. The number of aromatic nitrogens is 2. The molecule has 1 fully saturated rings. The van der Waals surface area contributed by atoms with Gasteiger partial charge < -0.3 is 9.80 Å². The molecule has 2 aliphatic rings. The fourth-order valence-corrected chi connectivity index (χ4v) is 4.27. The smallest absolute Gasteiger partial charge is 0.274 e. The van der Waals surface area contributed by atoms with Crippen LogP contribution in [0.1, 0.15) is 41.0 Å². The molecule has 6 nitrogen and oxygen atoms in total. The van der Waals surface area contributed by atoms with Crippen LogP contribution >= 0.6 is 0 Å². The third kappa shape index (κ3) is 4.10. The van der Waals surface area contributed by atoms with Gasteiger partial charge in [0.25, 0.3) is 5.91 Å². The fraction of sp³-hybridized carbons (Fsp3) is 0.391. The molecule has 0 radical (unpaired) electrons. The molecule has 0 unspecified atom stereocenters. The zero-order valence-corrected chi connectivity index (χ0v) is 17.1. The molecule has 2 aliphatic heterocycles. The Balaban J connectivity index is 1.54. The molecule has 1 spiro atoms. The van der Waals surface area contributed by atoms with Crippen LogP contribution in [-0.2, 0) is 11.3 Å². The zero-order valence-electron chi connectivity index (χ0n) is 17.1. The van der Waals surface area contributed by atoms with E-state index in [1.807, 2.05) is 19.1 Å². The minimum Gasteiger partial charge on any atom is -0.336 e. The molecule has 4 rings (SSSR count). The van der Waals surface area contributed by atoms with Crippen molar-refractivity contribution >= 4 is 11.8 Å². The van der Waals surface area contributed by atoms with Gasteiger partial charge >= 0.3 is 0 Å². The Morgan fingerprint density at radius 2 is 1.97 bits per heavy atom. The summed E-state index contributed by atoms with van der Waals surface area (Å²) >= 11 is 0. The highest BCUT2D eigenvalue weighted by atomic mass is 19.1. The molecular weight excluding hydrogens is 383 g/mol. The van der Waals surface area contributed by atoms with Gasteiger partial charge in [0.15, 0.2) is 0 Å². The normalized spacial score (nSPS) is 21.7.